The van der Waals surface area contributed by atoms with E-state index in [-0.39, 0.29) is 12.2 Å². The molecule has 1 rings (SSSR count). The molecule has 0 amide bonds. The molecule has 0 heterocycles. The Balaban J connectivity index is 2.50. The third kappa shape index (κ3) is 3.38. The minimum absolute atomic E-state index is 0.269. The van der Waals surface area contributed by atoms with Crippen LogP contribution < -0.4 is 0 Å². The van der Waals surface area contributed by atoms with Gasteiger partial charge in [-0.05, 0) is 24.1 Å². The van der Waals surface area contributed by atoms with Crippen LogP contribution in [0.3, 0.4) is 0 Å². The molecule has 0 atom stereocenters. The van der Waals surface area contributed by atoms with E-state index in [0.29, 0.717) is 17.7 Å². The Labute approximate surface area is 81.5 Å². The minimum Gasteiger partial charge on any atom is -0.295 e. The summed E-state index contributed by atoms with van der Waals surface area (Å²) in [5, 5.41) is 0.672. The van der Waals surface area contributed by atoms with Crippen LogP contribution >= 0.6 is 11.6 Å². The molecule has 0 radical (unpaired) electrons. The quantitative estimate of drug-likeness (QED) is 0.546. The maximum Gasteiger partial charge on any atom is 0.195 e. The maximum absolute atomic E-state index is 10.7. The van der Waals surface area contributed by atoms with E-state index in [1.54, 1.807) is 12.1 Å². The van der Waals surface area contributed by atoms with Gasteiger partial charge in [0.15, 0.2) is 12.1 Å². The van der Waals surface area contributed by atoms with Crippen LogP contribution in [-0.4, -0.2) is 12.1 Å². The zero-order valence-electron chi connectivity index (χ0n) is 7.00. The summed E-state index contributed by atoms with van der Waals surface area (Å²) >= 11 is 5.68. The molecular formula is C10H9ClO2. The molecule has 1 aromatic rings. The van der Waals surface area contributed by atoms with Crippen LogP contribution in [-0.2, 0) is 16.0 Å². The van der Waals surface area contributed by atoms with Crippen molar-refractivity contribution in [2.24, 2.45) is 0 Å². The van der Waals surface area contributed by atoms with Crippen molar-refractivity contribution in [3.8, 4) is 0 Å². The molecule has 0 aliphatic rings. The molecule has 0 aliphatic heterocycles. The van der Waals surface area contributed by atoms with Gasteiger partial charge in [-0.3, -0.25) is 9.59 Å². The van der Waals surface area contributed by atoms with E-state index in [1.807, 2.05) is 12.1 Å². The van der Waals surface area contributed by atoms with Crippen LogP contribution in [0.25, 0.3) is 0 Å². The third-order valence-corrected chi connectivity index (χ3v) is 1.96. The topological polar surface area (TPSA) is 34.1 Å². The Morgan fingerprint density at radius 3 is 2.46 bits per heavy atom. The number of carbonyl (C=O) groups is 2. The minimum atomic E-state index is -0.366. The number of Topliss-reactive ketones (excluding diaryl/α,β-unsaturated/α-hetero) is 1. The van der Waals surface area contributed by atoms with Crippen molar-refractivity contribution >= 4 is 23.7 Å². The molecule has 0 bridgehead atoms. The van der Waals surface area contributed by atoms with E-state index in [1.165, 1.54) is 0 Å². The lowest BCUT2D eigenvalue weighted by Gasteiger charge is -1.97. The second-order valence-corrected chi connectivity index (χ2v) is 3.15. The average Bonchev–Trinajstić information content (AvgIpc) is 2.16. The van der Waals surface area contributed by atoms with Crippen LogP contribution in [0.1, 0.15) is 12.0 Å². The van der Waals surface area contributed by atoms with Gasteiger partial charge in [0.25, 0.3) is 0 Å². The summed E-state index contributed by atoms with van der Waals surface area (Å²) in [4.78, 5) is 20.7. The number of halogens is 1. The first-order valence-electron chi connectivity index (χ1n) is 3.95. The molecule has 0 unspecified atom stereocenters. The SMILES string of the molecule is O=CC(=O)CCc1ccc(Cl)cc1. The highest BCUT2D eigenvalue weighted by atomic mass is 35.5. The van der Waals surface area contributed by atoms with Gasteiger partial charge < -0.3 is 0 Å². The summed E-state index contributed by atoms with van der Waals surface area (Å²) in [6.45, 7) is 0. The number of rotatable bonds is 4. The monoisotopic (exact) mass is 196 g/mol. The first-order chi connectivity index (χ1) is 6.22. The Kier molecular flexibility index (Phi) is 3.65. The predicted octanol–water partition coefficient (Wildman–Crippen LogP) is 2.04. The van der Waals surface area contributed by atoms with Crippen LogP contribution in [0, 0.1) is 0 Å². The van der Waals surface area contributed by atoms with Crippen molar-refractivity contribution in [3.63, 3.8) is 0 Å². The molecule has 13 heavy (non-hydrogen) atoms. The van der Waals surface area contributed by atoms with Gasteiger partial charge in [0.05, 0.1) is 0 Å². The number of hydrogen-bond donors (Lipinski definition) is 0. The molecule has 0 saturated heterocycles. The van der Waals surface area contributed by atoms with Crippen molar-refractivity contribution in [1.29, 1.82) is 0 Å². The predicted molar refractivity (Wildman–Crippen MR) is 50.8 cm³/mol. The molecule has 0 aliphatic carbocycles. The van der Waals surface area contributed by atoms with E-state index in [4.69, 9.17) is 11.6 Å². The van der Waals surface area contributed by atoms with Gasteiger partial charge in [0, 0.05) is 11.4 Å². The second kappa shape index (κ2) is 4.77. The van der Waals surface area contributed by atoms with Gasteiger partial charge in [-0.2, -0.15) is 0 Å². The summed E-state index contributed by atoms with van der Waals surface area (Å²) in [5.41, 5.74) is 1.01. The normalized spacial score (nSPS) is 9.62. The molecule has 2 nitrogen and oxygen atoms in total. The highest BCUT2D eigenvalue weighted by Gasteiger charge is 1.99. The summed E-state index contributed by atoms with van der Waals surface area (Å²) in [5.74, 6) is -0.366. The smallest absolute Gasteiger partial charge is 0.195 e. The maximum atomic E-state index is 10.7. The van der Waals surface area contributed by atoms with Gasteiger partial charge in [-0.15, -0.1) is 0 Å². The average molecular weight is 197 g/mol. The highest BCUT2D eigenvalue weighted by Crippen LogP contribution is 2.10. The van der Waals surface area contributed by atoms with Crippen molar-refractivity contribution in [1.82, 2.24) is 0 Å². The second-order valence-electron chi connectivity index (χ2n) is 2.71. The molecule has 0 N–H and O–H groups in total. The van der Waals surface area contributed by atoms with Crippen molar-refractivity contribution in [2.75, 3.05) is 0 Å². The summed E-state index contributed by atoms with van der Waals surface area (Å²) < 4.78 is 0. The van der Waals surface area contributed by atoms with E-state index >= 15 is 0 Å². The molecule has 0 spiro atoms. The molecule has 0 fully saturated rings. The molecule has 1 aromatic carbocycles. The molecule has 68 valence electrons. The van der Waals surface area contributed by atoms with Gasteiger partial charge in [0.2, 0.25) is 0 Å². The lowest BCUT2D eigenvalue weighted by atomic mass is 10.1. The Morgan fingerprint density at radius 1 is 1.31 bits per heavy atom. The number of ketones is 1. The largest absolute Gasteiger partial charge is 0.295 e. The number of aldehydes is 1. The van der Waals surface area contributed by atoms with Crippen LogP contribution in [0.5, 0.6) is 0 Å². The number of hydrogen-bond acceptors (Lipinski definition) is 2. The van der Waals surface area contributed by atoms with Crippen molar-refractivity contribution in [3.05, 3.63) is 34.9 Å². The van der Waals surface area contributed by atoms with Crippen molar-refractivity contribution in [2.45, 2.75) is 12.8 Å². The molecular weight excluding hydrogens is 188 g/mol. The fourth-order valence-electron chi connectivity index (χ4n) is 0.978. The first kappa shape index (κ1) is 9.93. The first-order valence-corrected chi connectivity index (χ1v) is 4.32. The molecule has 0 saturated carbocycles. The zero-order valence-corrected chi connectivity index (χ0v) is 7.75. The number of carbonyl (C=O) groups excluding carboxylic acids is 2. The summed E-state index contributed by atoms with van der Waals surface area (Å²) in [6, 6.07) is 7.23. The van der Waals surface area contributed by atoms with Crippen LogP contribution in [0.4, 0.5) is 0 Å². The summed E-state index contributed by atoms with van der Waals surface area (Å²) in [6.07, 6.45) is 1.22. The van der Waals surface area contributed by atoms with Crippen molar-refractivity contribution < 1.29 is 9.59 Å². The fraction of sp³-hybridized carbons (Fsp3) is 0.200. The van der Waals surface area contributed by atoms with Crippen LogP contribution in [0.2, 0.25) is 5.02 Å². The number of aryl methyl sites for hydroxylation is 1. The Bertz CT molecular complexity index is 303. The fourth-order valence-corrected chi connectivity index (χ4v) is 1.10. The third-order valence-electron chi connectivity index (χ3n) is 1.70. The van der Waals surface area contributed by atoms with Gasteiger partial charge in [-0.1, -0.05) is 23.7 Å². The van der Waals surface area contributed by atoms with E-state index in [0.717, 1.165) is 5.56 Å². The lowest BCUT2D eigenvalue weighted by molar-refractivity contribution is -0.129. The molecule has 3 heteroatoms. The van der Waals surface area contributed by atoms with Crippen LogP contribution in [0.15, 0.2) is 24.3 Å². The zero-order chi connectivity index (χ0) is 9.68. The number of benzene rings is 1. The molecule has 0 aromatic heterocycles. The van der Waals surface area contributed by atoms with Gasteiger partial charge in [-0.25, -0.2) is 0 Å². The highest BCUT2D eigenvalue weighted by molar-refractivity contribution is 6.30. The lowest BCUT2D eigenvalue weighted by Crippen LogP contribution is -2.00. The van der Waals surface area contributed by atoms with E-state index in [2.05, 4.69) is 0 Å². The van der Waals surface area contributed by atoms with Gasteiger partial charge in [0.1, 0.15) is 0 Å². The standard InChI is InChI=1S/C10H9ClO2/c11-9-4-1-8(2-5-9)3-6-10(13)7-12/h1-2,4-5,7H,3,6H2. The van der Waals surface area contributed by atoms with E-state index < -0.39 is 0 Å². The Morgan fingerprint density at radius 2 is 1.92 bits per heavy atom. The van der Waals surface area contributed by atoms with Gasteiger partial charge >= 0.3 is 0 Å². The summed E-state index contributed by atoms with van der Waals surface area (Å²) in [7, 11) is 0. The Hall–Kier alpha value is -1.15. The van der Waals surface area contributed by atoms with E-state index in [9.17, 15) is 9.59 Å².